The minimum atomic E-state index is -3.93. The molecule has 14 heteroatoms. The fourth-order valence-corrected chi connectivity index (χ4v) is 3.55. The van der Waals surface area contributed by atoms with Crippen LogP contribution in [0.2, 0.25) is 0 Å². The number of hydrogen-bond donors (Lipinski definition) is 1. The molecular formula is C16H26NO12P. The Kier molecular flexibility index (Phi) is 9.85. The van der Waals surface area contributed by atoms with Gasteiger partial charge in [0.15, 0.2) is 24.5 Å². The van der Waals surface area contributed by atoms with Gasteiger partial charge in [0.2, 0.25) is 0 Å². The quantitative estimate of drug-likeness (QED) is 0.282. The van der Waals surface area contributed by atoms with E-state index in [9.17, 15) is 23.7 Å². The second kappa shape index (κ2) is 11.4. The highest BCUT2D eigenvalue weighted by Crippen LogP contribution is 2.44. The monoisotopic (exact) mass is 455 g/mol. The zero-order valence-corrected chi connectivity index (χ0v) is 18.3. The lowest BCUT2D eigenvalue weighted by atomic mass is 9.97. The second-order valence-corrected chi connectivity index (χ2v) is 8.10. The number of carbonyl (C=O) groups is 4. The van der Waals surface area contributed by atoms with Crippen LogP contribution in [0.5, 0.6) is 0 Å². The highest BCUT2D eigenvalue weighted by atomic mass is 31.2. The summed E-state index contributed by atoms with van der Waals surface area (Å²) in [5, 5.41) is 2.42. The van der Waals surface area contributed by atoms with Gasteiger partial charge in [0.25, 0.3) is 0 Å². The smallest absolute Gasteiger partial charge is 0.407 e. The predicted molar refractivity (Wildman–Crippen MR) is 96.7 cm³/mol. The van der Waals surface area contributed by atoms with Gasteiger partial charge in [-0.15, -0.1) is 0 Å². The van der Waals surface area contributed by atoms with Gasteiger partial charge in [-0.3, -0.25) is 19.2 Å². The average Bonchev–Trinajstić information content (AvgIpc) is 2.63. The van der Waals surface area contributed by atoms with Gasteiger partial charge >= 0.3 is 31.6 Å². The zero-order chi connectivity index (χ0) is 23.1. The molecule has 172 valence electrons. The van der Waals surface area contributed by atoms with Crippen LogP contribution in [0, 0.1) is 0 Å². The van der Waals surface area contributed by atoms with E-state index in [-0.39, 0.29) is 0 Å². The van der Waals surface area contributed by atoms with Gasteiger partial charge in [0, 0.05) is 41.9 Å². The van der Waals surface area contributed by atoms with Crippen LogP contribution in [-0.2, 0) is 56.5 Å². The van der Waals surface area contributed by atoms with E-state index in [4.69, 9.17) is 32.7 Å². The third kappa shape index (κ3) is 7.65. The van der Waals surface area contributed by atoms with Gasteiger partial charge in [0.05, 0.1) is 0 Å². The molecule has 5 atom stereocenters. The summed E-state index contributed by atoms with van der Waals surface area (Å²) < 4.78 is 48.5. The lowest BCUT2D eigenvalue weighted by molar-refractivity contribution is -0.255. The summed E-state index contributed by atoms with van der Waals surface area (Å²) in [4.78, 5) is 46.2. The van der Waals surface area contributed by atoms with E-state index in [0.717, 1.165) is 41.9 Å². The largest absolute Gasteiger partial charge is 0.463 e. The normalized spacial score (nSPS) is 26.4. The molecule has 1 heterocycles. The summed E-state index contributed by atoms with van der Waals surface area (Å²) in [5.74, 6) is -3.00. The van der Waals surface area contributed by atoms with E-state index in [1.807, 2.05) is 0 Å². The van der Waals surface area contributed by atoms with Gasteiger partial charge in [-0.25, -0.2) is 4.57 Å². The Bertz CT molecular complexity index is 690. The van der Waals surface area contributed by atoms with Crippen molar-refractivity contribution in [2.45, 2.75) is 58.3 Å². The Balaban J connectivity index is 3.41. The van der Waals surface area contributed by atoms with E-state index in [1.165, 1.54) is 0 Å². The molecule has 0 radical (unpaired) electrons. The van der Waals surface area contributed by atoms with Crippen LogP contribution in [0.4, 0.5) is 0 Å². The number of ether oxygens (including phenoxy) is 5. The van der Waals surface area contributed by atoms with Crippen LogP contribution in [0.3, 0.4) is 0 Å². The number of hydrogen-bond acceptors (Lipinski definition) is 12. The molecule has 1 N–H and O–H groups in total. The van der Waals surface area contributed by atoms with Crippen LogP contribution < -0.4 is 5.09 Å². The summed E-state index contributed by atoms with van der Waals surface area (Å²) in [6.07, 6.45) is -6.75. The molecule has 1 rings (SSSR count). The molecule has 1 saturated heterocycles. The van der Waals surface area contributed by atoms with Crippen molar-refractivity contribution in [1.82, 2.24) is 5.09 Å². The van der Waals surface area contributed by atoms with Crippen molar-refractivity contribution in [2.75, 3.05) is 20.8 Å². The first kappa shape index (κ1) is 26.0. The van der Waals surface area contributed by atoms with Crippen LogP contribution in [0.15, 0.2) is 0 Å². The Labute approximate surface area is 173 Å². The number of esters is 4. The Morgan fingerprint density at radius 2 is 1.27 bits per heavy atom. The Hall–Kier alpha value is -2.05. The third-order valence-electron chi connectivity index (χ3n) is 3.76. The molecule has 0 bridgehead atoms. The minimum absolute atomic E-state index is 0.416. The van der Waals surface area contributed by atoms with Crippen LogP contribution in [-0.4, -0.2) is 75.3 Å². The van der Waals surface area contributed by atoms with Gasteiger partial charge < -0.3 is 32.7 Å². The molecule has 0 saturated carbocycles. The first-order valence-electron chi connectivity index (χ1n) is 8.72. The highest BCUT2D eigenvalue weighted by molar-refractivity contribution is 7.51. The molecule has 1 aliphatic rings. The number of nitrogens with one attached hydrogen (secondary N) is 1. The van der Waals surface area contributed by atoms with Crippen molar-refractivity contribution in [2.24, 2.45) is 0 Å². The van der Waals surface area contributed by atoms with Gasteiger partial charge in [-0.2, -0.15) is 5.09 Å². The summed E-state index contributed by atoms with van der Waals surface area (Å²) in [6, 6.07) is 0. The van der Waals surface area contributed by atoms with Crippen molar-refractivity contribution in [3.63, 3.8) is 0 Å². The third-order valence-corrected chi connectivity index (χ3v) is 5.29. The van der Waals surface area contributed by atoms with Crippen molar-refractivity contribution in [3.8, 4) is 0 Å². The Morgan fingerprint density at radius 1 is 0.800 bits per heavy atom. The fraction of sp³-hybridized carbons (Fsp3) is 0.750. The molecule has 0 spiro atoms. The van der Waals surface area contributed by atoms with Crippen molar-refractivity contribution >= 4 is 31.6 Å². The van der Waals surface area contributed by atoms with E-state index in [0.29, 0.717) is 0 Å². The number of carbonyl (C=O) groups excluding carboxylic acids is 4. The van der Waals surface area contributed by atoms with Crippen LogP contribution in [0.25, 0.3) is 0 Å². The van der Waals surface area contributed by atoms with Gasteiger partial charge in [-0.05, 0) is 0 Å². The summed E-state index contributed by atoms with van der Waals surface area (Å²) in [7, 11) is -1.73. The SMILES string of the molecule is COP(=O)(N[C@@H]1O[C@H](COC(C)=O)[C@H](OC(C)=O)[C@H](OC(C)=O)[C@H]1OC(C)=O)OC. The maximum absolute atomic E-state index is 12.6. The first-order chi connectivity index (χ1) is 13.9. The molecule has 1 aliphatic heterocycles. The second-order valence-electron chi connectivity index (χ2n) is 6.11. The molecule has 0 aromatic heterocycles. The van der Waals surface area contributed by atoms with Crippen LogP contribution in [0.1, 0.15) is 27.7 Å². The van der Waals surface area contributed by atoms with Crippen LogP contribution >= 0.6 is 7.75 Å². The maximum Gasteiger partial charge on any atom is 0.407 e. The minimum Gasteiger partial charge on any atom is -0.463 e. The molecule has 1 fully saturated rings. The van der Waals surface area contributed by atoms with E-state index >= 15 is 0 Å². The summed E-state index contributed by atoms with van der Waals surface area (Å²) >= 11 is 0. The van der Waals surface area contributed by atoms with Crippen molar-refractivity contribution in [1.29, 1.82) is 0 Å². The Morgan fingerprint density at radius 3 is 1.70 bits per heavy atom. The predicted octanol–water partition coefficient (Wildman–Crippen LogP) is 0.0600. The zero-order valence-electron chi connectivity index (χ0n) is 17.4. The van der Waals surface area contributed by atoms with E-state index in [2.05, 4.69) is 5.09 Å². The maximum atomic E-state index is 12.6. The van der Waals surface area contributed by atoms with E-state index < -0.39 is 68.9 Å². The highest BCUT2D eigenvalue weighted by Gasteiger charge is 2.53. The topological polar surface area (TPSA) is 162 Å². The van der Waals surface area contributed by atoms with Crippen molar-refractivity contribution < 1.29 is 56.5 Å². The lowest BCUT2D eigenvalue weighted by Gasteiger charge is -2.44. The van der Waals surface area contributed by atoms with E-state index in [1.54, 1.807) is 0 Å². The molecular weight excluding hydrogens is 429 g/mol. The van der Waals surface area contributed by atoms with Gasteiger partial charge in [0.1, 0.15) is 12.7 Å². The molecule has 0 aliphatic carbocycles. The first-order valence-corrected chi connectivity index (χ1v) is 10.3. The molecule has 13 nitrogen and oxygen atoms in total. The molecule has 0 aromatic rings. The summed E-state index contributed by atoms with van der Waals surface area (Å²) in [6.45, 7) is 4.00. The molecule has 0 aromatic carbocycles. The fourth-order valence-electron chi connectivity index (χ4n) is 2.67. The molecule has 30 heavy (non-hydrogen) atoms. The van der Waals surface area contributed by atoms with Gasteiger partial charge in [-0.1, -0.05) is 0 Å². The average molecular weight is 455 g/mol. The molecule has 0 unspecified atom stereocenters. The van der Waals surface area contributed by atoms with Crippen molar-refractivity contribution in [3.05, 3.63) is 0 Å². The lowest BCUT2D eigenvalue weighted by Crippen LogP contribution is -2.65. The molecule has 0 amide bonds. The summed E-state index contributed by atoms with van der Waals surface area (Å²) in [5.41, 5.74) is 0. The standard InChI is InChI=1S/C16H26NO12P/c1-8(18)25-7-12-13(26-9(2)19)14(27-10(3)20)15(28-11(4)21)16(29-12)17-30(22,23-5)24-6/h12-16H,7H2,1-6H3,(H,17,22)/t12-,13+,14+,15-,16-/m1/s1. The number of rotatable bonds is 9.